The fourth-order valence-electron chi connectivity index (χ4n) is 6.39. The van der Waals surface area contributed by atoms with Crippen LogP contribution in [0.25, 0.3) is 0 Å². The normalized spacial score (nSPS) is 23.0. The van der Waals surface area contributed by atoms with E-state index >= 15 is 0 Å². The summed E-state index contributed by atoms with van der Waals surface area (Å²) in [5.41, 5.74) is 3.69. The zero-order valence-electron chi connectivity index (χ0n) is 22.3. The van der Waals surface area contributed by atoms with Crippen LogP contribution in [0, 0.1) is 18.2 Å². The number of likely N-dealkylation sites (tertiary alicyclic amines) is 1. The van der Waals surface area contributed by atoms with Gasteiger partial charge in [-0.3, -0.25) is 14.4 Å². The number of amides is 3. The Balaban J connectivity index is 1.21. The second kappa shape index (κ2) is 9.00. The van der Waals surface area contributed by atoms with Gasteiger partial charge >= 0.3 is 0 Å². The van der Waals surface area contributed by atoms with Crippen LogP contribution in [0.1, 0.15) is 60.5 Å². The summed E-state index contributed by atoms with van der Waals surface area (Å²) in [5, 5.41) is 5.88. The Morgan fingerprint density at radius 2 is 1.92 bits per heavy atom. The van der Waals surface area contributed by atoms with Gasteiger partial charge in [0.25, 0.3) is 0 Å². The molecule has 8 heteroatoms. The van der Waals surface area contributed by atoms with Crippen molar-refractivity contribution >= 4 is 29.2 Å². The van der Waals surface area contributed by atoms with E-state index in [0.29, 0.717) is 42.8 Å². The number of pyridine rings is 1. The highest BCUT2D eigenvalue weighted by atomic mass is 19.1. The first-order valence-corrected chi connectivity index (χ1v) is 13.3. The highest BCUT2D eigenvalue weighted by Crippen LogP contribution is 2.47. The summed E-state index contributed by atoms with van der Waals surface area (Å²) in [6, 6.07) is 14.1. The lowest BCUT2D eigenvalue weighted by Gasteiger charge is -2.43. The van der Waals surface area contributed by atoms with Crippen LogP contribution < -0.4 is 10.6 Å². The number of fused-ring (bicyclic) bond motifs is 3. The fraction of sp³-hybridized carbons (Fsp3) is 0.355. The molecule has 3 amide bonds. The fourth-order valence-corrected chi connectivity index (χ4v) is 6.39. The third kappa shape index (κ3) is 4.18. The second-order valence-corrected chi connectivity index (χ2v) is 11.7. The summed E-state index contributed by atoms with van der Waals surface area (Å²) in [5.74, 6) is -0.120. The summed E-state index contributed by atoms with van der Waals surface area (Å²) in [7, 11) is 0. The SMILES string of the molecule is Cc1cc(C2CCC(C)(C)C(=O)N2CC(=O)Nc2ccc3c(c2)CC2(C3)C(=O)Nc3ncccc32)ccc1F. The van der Waals surface area contributed by atoms with Crippen molar-refractivity contribution in [2.24, 2.45) is 5.41 Å². The maximum absolute atomic E-state index is 13.9. The smallest absolute Gasteiger partial charge is 0.244 e. The number of nitrogens with one attached hydrogen (secondary N) is 2. The Hall–Kier alpha value is -4.07. The van der Waals surface area contributed by atoms with Crippen molar-refractivity contribution in [2.45, 2.75) is 57.9 Å². The van der Waals surface area contributed by atoms with Gasteiger partial charge in [-0.05, 0) is 79.1 Å². The van der Waals surface area contributed by atoms with Gasteiger partial charge in [0.1, 0.15) is 18.2 Å². The van der Waals surface area contributed by atoms with Crippen molar-refractivity contribution in [3.63, 3.8) is 0 Å². The molecule has 3 aromatic rings. The number of rotatable bonds is 4. The Bertz CT molecular complexity index is 1530. The van der Waals surface area contributed by atoms with Gasteiger partial charge in [-0.15, -0.1) is 0 Å². The first kappa shape index (κ1) is 25.2. The molecular weight excluding hydrogens is 495 g/mol. The molecule has 2 aromatic carbocycles. The van der Waals surface area contributed by atoms with Crippen molar-refractivity contribution in [1.82, 2.24) is 9.88 Å². The maximum Gasteiger partial charge on any atom is 0.244 e. The van der Waals surface area contributed by atoms with Gasteiger partial charge in [0.05, 0.1) is 11.5 Å². The molecule has 1 spiro atoms. The van der Waals surface area contributed by atoms with Gasteiger partial charge in [0.2, 0.25) is 17.7 Å². The van der Waals surface area contributed by atoms with E-state index in [1.807, 2.05) is 44.2 Å². The number of aryl methyl sites for hydroxylation is 1. The average Bonchev–Trinajstić information content (AvgIpc) is 3.41. The molecule has 1 aliphatic carbocycles. The number of carbonyl (C=O) groups excluding carboxylic acids is 3. The molecule has 2 unspecified atom stereocenters. The Morgan fingerprint density at radius 1 is 1.13 bits per heavy atom. The van der Waals surface area contributed by atoms with Crippen molar-refractivity contribution < 1.29 is 18.8 Å². The molecule has 6 rings (SSSR count). The van der Waals surface area contributed by atoms with E-state index in [1.165, 1.54) is 6.07 Å². The van der Waals surface area contributed by atoms with Crippen molar-refractivity contribution in [2.75, 3.05) is 17.2 Å². The number of benzene rings is 2. The number of piperidine rings is 1. The number of halogens is 1. The minimum atomic E-state index is -0.680. The van der Waals surface area contributed by atoms with Gasteiger partial charge in [-0.1, -0.05) is 38.1 Å². The van der Waals surface area contributed by atoms with Gasteiger partial charge in [0, 0.05) is 22.9 Å². The lowest BCUT2D eigenvalue weighted by atomic mass is 9.78. The molecule has 0 bridgehead atoms. The van der Waals surface area contributed by atoms with Crippen molar-refractivity contribution in [3.05, 3.63) is 88.4 Å². The van der Waals surface area contributed by atoms with Crippen LogP contribution >= 0.6 is 0 Å². The van der Waals surface area contributed by atoms with Crippen LogP contribution in [0.5, 0.6) is 0 Å². The number of hydrogen-bond acceptors (Lipinski definition) is 4. The molecular formula is C31H31FN4O3. The van der Waals surface area contributed by atoms with Crippen molar-refractivity contribution in [3.8, 4) is 0 Å². The summed E-state index contributed by atoms with van der Waals surface area (Å²) >= 11 is 0. The van der Waals surface area contributed by atoms with Gasteiger partial charge < -0.3 is 15.5 Å². The molecule has 1 saturated heterocycles. The second-order valence-electron chi connectivity index (χ2n) is 11.7. The third-order valence-corrected chi connectivity index (χ3v) is 8.60. The molecule has 3 aliphatic rings. The molecule has 2 aliphatic heterocycles. The Morgan fingerprint density at radius 3 is 2.72 bits per heavy atom. The first-order chi connectivity index (χ1) is 18.6. The molecule has 7 nitrogen and oxygen atoms in total. The predicted molar refractivity (Wildman–Crippen MR) is 146 cm³/mol. The lowest BCUT2D eigenvalue weighted by Crippen LogP contribution is -2.50. The predicted octanol–water partition coefficient (Wildman–Crippen LogP) is 4.85. The van der Waals surface area contributed by atoms with Gasteiger partial charge in [-0.25, -0.2) is 9.37 Å². The molecule has 0 radical (unpaired) electrons. The van der Waals surface area contributed by atoms with Gasteiger partial charge in [-0.2, -0.15) is 0 Å². The molecule has 0 saturated carbocycles. The van der Waals surface area contributed by atoms with E-state index in [9.17, 15) is 18.8 Å². The zero-order chi connectivity index (χ0) is 27.5. The number of aromatic nitrogens is 1. The molecule has 39 heavy (non-hydrogen) atoms. The molecule has 200 valence electrons. The Kier molecular flexibility index (Phi) is 5.82. The summed E-state index contributed by atoms with van der Waals surface area (Å²) in [6.07, 6.45) is 4.16. The number of anilines is 2. The minimum Gasteiger partial charge on any atom is -0.326 e. The van der Waals surface area contributed by atoms with E-state index in [2.05, 4.69) is 15.6 Å². The molecule has 2 N–H and O–H groups in total. The molecule has 2 atom stereocenters. The average molecular weight is 527 g/mol. The van der Waals surface area contributed by atoms with E-state index in [0.717, 1.165) is 22.3 Å². The van der Waals surface area contributed by atoms with Crippen LogP contribution in [0.15, 0.2) is 54.7 Å². The zero-order valence-corrected chi connectivity index (χ0v) is 22.3. The van der Waals surface area contributed by atoms with Crippen LogP contribution in [-0.4, -0.2) is 34.2 Å². The van der Waals surface area contributed by atoms with Crippen LogP contribution in [0.4, 0.5) is 15.9 Å². The monoisotopic (exact) mass is 526 g/mol. The Labute approximate surface area is 226 Å². The largest absolute Gasteiger partial charge is 0.326 e. The van der Waals surface area contributed by atoms with E-state index in [-0.39, 0.29) is 36.1 Å². The standard InChI is InChI=1S/C31H31FN4O3/c1-18-13-19(7-9-24(18)32)25-10-11-30(2,3)29(39)36(25)17-26(37)34-22-8-6-20-15-31(16-21(20)14-22)23-5-4-12-33-27(23)35-28(31)38/h4-9,12-14,25H,10-11,15-17H2,1-3H3,(H,34,37)(H,33,35,38). The quantitative estimate of drug-likeness (QED) is 0.509. The van der Waals surface area contributed by atoms with Crippen LogP contribution in [0.2, 0.25) is 0 Å². The van der Waals surface area contributed by atoms with Crippen LogP contribution in [-0.2, 0) is 32.6 Å². The topological polar surface area (TPSA) is 91.4 Å². The maximum atomic E-state index is 13.9. The summed E-state index contributed by atoms with van der Waals surface area (Å²) < 4.78 is 13.9. The number of nitrogens with zero attached hydrogens (tertiary/aromatic N) is 2. The van der Waals surface area contributed by atoms with E-state index in [1.54, 1.807) is 30.2 Å². The molecule has 1 fully saturated rings. The highest BCUT2D eigenvalue weighted by Gasteiger charge is 2.51. The number of hydrogen-bond donors (Lipinski definition) is 2. The minimum absolute atomic E-state index is 0.0497. The van der Waals surface area contributed by atoms with Crippen LogP contribution in [0.3, 0.4) is 0 Å². The molecule has 1 aromatic heterocycles. The summed E-state index contributed by atoms with van der Waals surface area (Å²) in [4.78, 5) is 45.6. The number of carbonyl (C=O) groups is 3. The third-order valence-electron chi connectivity index (χ3n) is 8.60. The highest BCUT2D eigenvalue weighted by molar-refractivity contribution is 6.06. The van der Waals surface area contributed by atoms with Crippen molar-refractivity contribution in [1.29, 1.82) is 0 Å². The summed E-state index contributed by atoms with van der Waals surface area (Å²) in [6.45, 7) is 5.39. The first-order valence-electron chi connectivity index (χ1n) is 13.3. The van der Waals surface area contributed by atoms with E-state index in [4.69, 9.17) is 0 Å². The molecule has 3 heterocycles. The van der Waals surface area contributed by atoms with Gasteiger partial charge in [0.15, 0.2) is 0 Å². The van der Waals surface area contributed by atoms with E-state index < -0.39 is 10.8 Å². The lowest BCUT2D eigenvalue weighted by molar-refractivity contribution is -0.150.